The second kappa shape index (κ2) is 6.58. The first-order valence-electron chi connectivity index (χ1n) is 6.08. The van der Waals surface area contributed by atoms with Crippen LogP contribution in [-0.2, 0) is 4.74 Å². The lowest BCUT2D eigenvalue weighted by molar-refractivity contribution is 0.0948. The third-order valence-corrected chi connectivity index (χ3v) is 3.47. The van der Waals surface area contributed by atoms with Gasteiger partial charge < -0.3 is 4.74 Å². The Kier molecular flexibility index (Phi) is 4.80. The molecule has 2 rings (SSSR count). The summed E-state index contributed by atoms with van der Waals surface area (Å²) in [5.41, 5.74) is 2.30. The van der Waals surface area contributed by atoms with Crippen LogP contribution in [0.5, 0.6) is 0 Å². The Morgan fingerprint density at radius 2 is 1.39 bits per heavy atom. The molecule has 0 aliphatic carbocycles. The van der Waals surface area contributed by atoms with E-state index >= 15 is 0 Å². The standard InChI is InChI=1S/C16H17ClO/c1-18-16(14-10-6-3-7-11-14)12-15(17)13-8-4-2-5-9-13/h2-11,15-16H,12H2,1H3. The highest BCUT2D eigenvalue weighted by atomic mass is 35.5. The molecule has 0 saturated heterocycles. The zero-order chi connectivity index (χ0) is 12.8. The summed E-state index contributed by atoms with van der Waals surface area (Å²) >= 11 is 6.45. The highest BCUT2D eigenvalue weighted by Crippen LogP contribution is 2.32. The molecule has 2 unspecified atom stereocenters. The first kappa shape index (κ1) is 13.1. The van der Waals surface area contributed by atoms with Crippen molar-refractivity contribution in [1.29, 1.82) is 0 Å². The van der Waals surface area contributed by atoms with Gasteiger partial charge in [-0.3, -0.25) is 0 Å². The molecule has 0 saturated carbocycles. The van der Waals surface area contributed by atoms with Crippen molar-refractivity contribution in [2.75, 3.05) is 7.11 Å². The normalized spacial score (nSPS) is 14.1. The molecule has 94 valence electrons. The van der Waals surface area contributed by atoms with E-state index in [1.165, 1.54) is 5.56 Å². The van der Waals surface area contributed by atoms with Gasteiger partial charge in [-0.25, -0.2) is 0 Å². The second-order valence-electron chi connectivity index (χ2n) is 4.25. The monoisotopic (exact) mass is 260 g/mol. The third kappa shape index (κ3) is 3.34. The average molecular weight is 261 g/mol. The Hall–Kier alpha value is -1.31. The number of hydrogen-bond acceptors (Lipinski definition) is 1. The van der Waals surface area contributed by atoms with E-state index in [9.17, 15) is 0 Å². The lowest BCUT2D eigenvalue weighted by Crippen LogP contribution is -2.05. The molecule has 2 heteroatoms. The van der Waals surface area contributed by atoms with Crippen molar-refractivity contribution in [3.05, 3.63) is 71.8 Å². The molecule has 2 aromatic carbocycles. The number of alkyl halides is 1. The van der Waals surface area contributed by atoms with Crippen molar-refractivity contribution in [2.45, 2.75) is 17.9 Å². The summed E-state index contributed by atoms with van der Waals surface area (Å²) in [5.74, 6) is 0. The van der Waals surface area contributed by atoms with E-state index in [0.717, 1.165) is 12.0 Å². The molecular weight excluding hydrogens is 244 g/mol. The summed E-state index contributed by atoms with van der Waals surface area (Å²) in [4.78, 5) is 0. The van der Waals surface area contributed by atoms with Crippen LogP contribution in [0.4, 0.5) is 0 Å². The molecule has 1 nitrogen and oxygen atoms in total. The highest BCUT2D eigenvalue weighted by Gasteiger charge is 2.17. The van der Waals surface area contributed by atoms with Crippen molar-refractivity contribution in [2.24, 2.45) is 0 Å². The maximum atomic E-state index is 6.45. The van der Waals surface area contributed by atoms with Crippen LogP contribution in [0.15, 0.2) is 60.7 Å². The minimum atomic E-state index is -0.0312. The van der Waals surface area contributed by atoms with Crippen molar-refractivity contribution >= 4 is 11.6 Å². The van der Waals surface area contributed by atoms with Gasteiger partial charge in [0.15, 0.2) is 0 Å². The Labute approximate surface area is 113 Å². The number of methoxy groups -OCH3 is 1. The van der Waals surface area contributed by atoms with Gasteiger partial charge >= 0.3 is 0 Å². The largest absolute Gasteiger partial charge is 0.377 e. The van der Waals surface area contributed by atoms with Crippen LogP contribution < -0.4 is 0 Å². The number of rotatable bonds is 5. The van der Waals surface area contributed by atoms with Gasteiger partial charge in [0.25, 0.3) is 0 Å². The molecular formula is C16H17ClO. The summed E-state index contributed by atoms with van der Waals surface area (Å²) in [5, 5.41) is -0.0312. The van der Waals surface area contributed by atoms with Crippen LogP contribution in [0.1, 0.15) is 29.0 Å². The summed E-state index contributed by atoms with van der Waals surface area (Å²) in [6, 6.07) is 20.3. The van der Waals surface area contributed by atoms with Crippen LogP contribution in [0.3, 0.4) is 0 Å². The Balaban J connectivity index is 2.07. The van der Waals surface area contributed by atoms with Gasteiger partial charge in [0, 0.05) is 7.11 Å². The Morgan fingerprint density at radius 3 is 1.89 bits per heavy atom. The van der Waals surface area contributed by atoms with Crippen molar-refractivity contribution in [3.63, 3.8) is 0 Å². The van der Waals surface area contributed by atoms with E-state index in [2.05, 4.69) is 24.3 Å². The zero-order valence-electron chi connectivity index (χ0n) is 10.4. The molecule has 0 radical (unpaired) electrons. The molecule has 0 aliphatic heterocycles. The minimum Gasteiger partial charge on any atom is -0.377 e. The van der Waals surface area contributed by atoms with Gasteiger partial charge in [-0.2, -0.15) is 0 Å². The summed E-state index contributed by atoms with van der Waals surface area (Å²) < 4.78 is 5.54. The fourth-order valence-corrected chi connectivity index (χ4v) is 2.33. The van der Waals surface area contributed by atoms with Crippen LogP contribution >= 0.6 is 11.6 Å². The molecule has 0 spiro atoms. The minimum absolute atomic E-state index is 0.0312. The molecule has 0 fully saturated rings. The van der Waals surface area contributed by atoms with E-state index < -0.39 is 0 Å². The summed E-state index contributed by atoms with van der Waals surface area (Å²) in [6.07, 6.45) is 0.806. The van der Waals surface area contributed by atoms with Gasteiger partial charge in [-0.05, 0) is 17.5 Å². The smallest absolute Gasteiger partial charge is 0.0838 e. The quantitative estimate of drug-likeness (QED) is 0.706. The predicted octanol–water partition coefficient (Wildman–Crippen LogP) is 4.74. The first-order valence-corrected chi connectivity index (χ1v) is 6.51. The van der Waals surface area contributed by atoms with Gasteiger partial charge in [0.05, 0.1) is 11.5 Å². The topological polar surface area (TPSA) is 9.23 Å². The molecule has 2 atom stereocenters. The van der Waals surface area contributed by atoms with E-state index in [1.54, 1.807) is 7.11 Å². The molecule has 0 amide bonds. The summed E-state index contributed by atoms with van der Waals surface area (Å²) in [6.45, 7) is 0. The molecule has 2 aromatic rings. The van der Waals surface area contributed by atoms with Crippen molar-refractivity contribution < 1.29 is 4.74 Å². The number of benzene rings is 2. The van der Waals surface area contributed by atoms with E-state index in [-0.39, 0.29) is 11.5 Å². The van der Waals surface area contributed by atoms with Crippen LogP contribution in [0, 0.1) is 0 Å². The van der Waals surface area contributed by atoms with Crippen molar-refractivity contribution in [3.8, 4) is 0 Å². The molecule has 18 heavy (non-hydrogen) atoms. The van der Waals surface area contributed by atoms with Crippen LogP contribution in [0.25, 0.3) is 0 Å². The lowest BCUT2D eigenvalue weighted by atomic mass is 10.0. The van der Waals surface area contributed by atoms with Crippen LogP contribution in [0.2, 0.25) is 0 Å². The van der Waals surface area contributed by atoms with Gasteiger partial charge in [-0.15, -0.1) is 11.6 Å². The molecule has 0 aromatic heterocycles. The Morgan fingerprint density at radius 1 is 0.889 bits per heavy atom. The fraction of sp³-hybridized carbons (Fsp3) is 0.250. The van der Waals surface area contributed by atoms with Gasteiger partial charge in [0.2, 0.25) is 0 Å². The average Bonchev–Trinajstić information content (AvgIpc) is 2.46. The molecule has 0 heterocycles. The highest BCUT2D eigenvalue weighted by molar-refractivity contribution is 6.20. The molecule has 0 N–H and O–H groups in total. The van der Waals surface area contributed by atoms with Crippen LogP contribution in [-0.4, -0.2) is 7.11 Å². The van der Waals surface area contributed by atoms with Gasteiger partial charge in [0.1, 0.15) is 0 Å². The predicted molar refractivity (Wildman–Crippen MR) is 75.8 cm³/mol. The number of halogens is 1. The number of ether oxygens (including phenoxy) is 1. The third-order valence-electron chi connectivity index (χ3n) is 3.04. The molecule has 0 bridgehead atoms. The maximum Gasteiger partial charge on any atom is 0.0838 e. The fourth-order valence-electron chi connectivity index (χ4n) is 2.02. The SMILES string of the molecule is COC(CC(Cl)c1ccccc1)c1ccccc1. The molecule has 0 aliphatic rings. The number of hydrogen-bond donors (Lipinski definition) is 0. The van der Waals surface area contributed by atoms with E-state index in [0.29, 0.717) is 0 Å². The lowest BCUT2D eigenvalue weighted by Gasteiger charge is -2.19. The van der Waals surface area contributed by atoms with E-state index in [4.69, 9.17) is 16.3 Å². The second-order valence-corrected chi connectivity index (χ2v) is 4.78. The maximum absolute atomic E-state index is 6.45. The summed E-state index contributed by atoms with van der Waals surface area (Å²) in [7, 11) is 1.73. The van der Waals surface area contributed by atoms with Gasteiger partial charge in [-0.1, -0.05) is 60.7 Å². The zero-order valence-corrected chi connectivity index (χ0v) is 11.2. The van der Waals surface area contributed by atoms with Crippen molar-refractivity contribution in [1.82, 2.24) is 0 Å². The first-order chi connectivity index (χ1) is 8.81. The van der Waals surface area contributed by atoms with E-state index in [1.807, 2.05) is 36.4 Å². The Bertz CT molecular complexity index is 455.